The van der Waals surface area contributed by atoms with E-state index in [0.717, 1.165) is 18.2 Å². The van der Waals surface area contributed by atoms with Gasteiger partial charge in [-0.15, -0.1) is 0 Å². The molecule has 16 heavy (non-hydrogen) atoms. The molecule has 1 rings (SSSR count). The van der Waals surface area contributed by atoms with Crippen LogP contribution in [0.4, 0.5) is 0 Å². The van der Waals surface area contributed by atoms with Crippen molar-refractivity contribution in [1.29, 1.82) is 0 Å². The van der Waals surface area contributed by atoms with Crippen LogP contribution in [-0.4, -0.2) is 29.8 Å². The molecule has 0 bridgehead atoms. The summed E-state index contributed by atoms with van der Waals surface area (Å²) in [6.45, 7) is 3.67. The van der Waals surface area contributed by atoms with Crippen molar-refractivity contribution in [2.24, 2.45) is 0 Å². The predicted octanol–water partition coefficient (Wildman–Crippen LogP) is 1.56. The van der Waals surface area contributed by atoms with Crippen molar-refractivity contribution in [2.45, 2.75) is 37.8 Å². The lowest BCUT2D eigenvalue weighted by Gasteiger charge is -2.14. The van der Waals surface area contributed by atoms with Gasteiger partial charge < -0.3 is 4.98 Å². The van der Waals surface area contributed by atoms with Crippen LogP contribution in [-0.2, 0) is 10.0 Å². The van der Waals surface area contributed by atoms with Gasteiger partial charge in [-0.3, -0.25) is 0 Å². The molecular weight excluding hydrogens is 294 g/mol. The van der Waals surface area contributed by atoms with Gasteiger partial charge in [0.05, 0.1) is 6.20 Å². The van der Waals surface area contributed by atoms with Crippen LogP contribution in [0.25, 0.3) is 0 Å². The molecule has 92 valence electrons. The van der Waals surface area contributed by atoms with Crippen molar-refractivity contribution >= 4 is 26.0 Å². The third kappa shape index (κ3) is 3.57. The first-order valence-electron chi connectivity index (χ1n) is 5.09. The van der Waals surface area contributed by atoms with Gasteiger partial charge >= 0.3 is 0 Å². The Morgan fingerprint density at radius 1 is 1.62 bits per heavy atom. The van der Waals surface area contributed by atoms with E-state index in [1.165, 1.54) is 6.20 Å². The highest BCUT2D eigenvalue weighted by atomic mass is 79.9. The minimum Gasteiger partial charge on any atom is -0.332 e. The van der Waals surface area contributed by atoms with E-state index >= 15 is 0 Å². The summed E-state index contributed by atoms with van der Waals surface area (Å²) in [6.07, 6.45) is 2.86. The number of aromatic nitrogens is 2. The summed E-state index contributed by atoms with van der Waals surface area (Å²) in [5, 5.41) is 0.897. The Labute approximate surface area is 104 Å². The number of halogens is 1. The largest absolute Gasteiger partial charge is 0.332 e. The van der Waals surface area contributed by atoms with Gasteiger partial charge in [0.1, 0.15) is 5.82 Å². The zero-order valence-electron chi connectivity index (χ0n) is 9.33. The quantitative estimate of drug-likeness (QED) is 0.783. The first-order valence-corrected chi connectivity index (χ1v) is 7.70. The van der Waals surface area contributed by atoms with Crippen LogP contribution in [0.2, 0.25) is 0 Å². The Morgan fingerprint density at radius 2 is 2.31 bits per heavy atom. The molecule has 1 heterocycles. The lowest BCUT2D eigenvalue weighted by atomic mass is 10.2. The van der Waals surface area contributed by atoms with Crippen molar-refractivity contribution < 1.29 is 8.42 Å². The van der Waals surface area contributed by atoms with Crippen molar-refractivity contribution in [3.63, 3.8) is 0 Å². The van der Waals surface area contributed by atoms with Crippen LogP contribution >= 0.6 is 15.9 Å². The SMILES string of the molecule is CCC(CCBr)NS(=O)(=O)c1cnc(C)[nH]1. The Balaban J connectivity index is 2.78. The van der Waals surface area contributed by atoms with Crippen LogP contribution in [0.3, 0.4) is 0 Å². The number of hydrogen-bond acceptors (Lipinski definition) is 3. The molecular formula is C9H16BrN3O2S. The van der Waals surface area contributed by atoms with Crippen molar-refractivity contribution in [3.8, 4) is 0 Å². The van der Waals surface area contributed by atoms with E-state index in [9.17, 15) is 8.42 Å². The molecule has 1 atom stereocenters. The second-order valence-corrected chi connectivity index (χ2v) is 6.01. The molecule has 1 unspecified atom stereocenters. The van der Waals surface area contributed by atoms with Gasteiger partial charge in [-0.25, -0.2) is 18.1 Å². The van der Waals surface area contributed by atoms with Crippen LogP contribution in [0.5, 0.6) is 0 Å². The predicted molar refractivity (Wildman–Crippen MR) is 66.1 cm³/mol. The van der Waals surface area contributed by atoms with Crippen molar-refractivity contribution in [3.05, 3.63) is 12.0 Å². The van der Waals surface area contributed by atoms with E-state index in [4.69, 9.17) is 0 Å². The molecule has 0 saturated heterocycles. The maximum atomic E-state index is 11.9. The summed E-state index contributed by atoms with van der Waals surface area (Å²) in [5.74, 6) is 0.592. The number of alkyl halides is 1. The second kappa shape index (κ2) is 5.79. The van der Waals surface area contributed by atoms with Gasteiger partial charge in [-0.05, 0) is 19.8 Å². The average Bonchev–Trinajstić information content (AvgIpc) is 2.64. The maximum Gasteiger partial charge on any atom is 0.257 e. The van der Waals surface area contributed by atoms with E-state index in [1.807, 2.05) is 6.92 Å². The number of nitrogens with one attached hydrogen (secondary N) is 2. The van der Waals surface area contributed by atoms with Crippen LogP contribution in [0.1, 0.15) is 25.6 Å². The standard InChI is InChI=1S/C9H16BrN3O2S/c1-3-8(4-5-10)13-16(14,15)9-6-11-7(2)12-9/h6,8,13H,3-5H2,1-2H3,(H,11,12). The molecule has 0 amide bonds. The fourth-order valence-electron chi connectivity index (χ4n) is 1.30. The summed E-state index contributed by atoms with van der Waals surface area (Å²) in [4.78, 5) is 6.59. The minimum atomic E-state index is -3.46. The smallest absolute Gasteiger partial charge is 0.257 e. The van der Waals surface area contributed by atoms with E-state index < -0.39 is 10.0 Å². The number of H-pyrrole nitrogens is 1. The van der Waals surface area contributed by atoms with Crippen LogP contribution in [0.15, 0.2) is 11.2 Å². The van der Waals surface area contributed by atoms with Gasteiger partial charge in [0, 0.05) is 11.4 Å². The molecule has 0 aliphatic rings. The highest BCUT2D eigenvalue weighted by Gasteiger charge is 2.20. The number of imidazole rings is 1. The van der Waals surface area contributed by atoms with Gasteiger partial charge in [-0.2, -0.15) is 0 Å². The first kappa shape index (κ1) is 13.7. The minimum absolute atomic E-state index is 0.0482. The molecule has 0 fully saturated rings. The topological polar surface area (TPSA) is 74.8 Å². The summed E-state index contributed by atoms with van der Waals surface area (Å²) < 4.78 is 26.4. The van der Waals surface area contributed by atoms with Crippen LogP contribution in [0, 0.1) is 6.92 Å². The molecule has 0 saturated carbocycles. The number of aryl methyl sites for hydroxylation is 1. The zero-order valence-corrected chi connectivity index (χ0v) is 11.7. The van der Waals surface area contributed by atoms with Gasteiger partial charge in [0.15, 0.2) is 5.03 Å². The Kier molecular flexibility index (Phi) is 4.94. The molecule has 2 N–H and O–H groups in total. The van der Waals surface area contributed by atoms with Gasteiger partial charge in [0.25, 0.3) is 10.0 Å². The zero-order chi connectivity index (χ0) is 12.2. The Bertz CT molecular complexity index is 430. The fourth-order valence-corrected chi connectivity index (χ4v) is 3.17. The van der Waals surface area contributed by atoms with Gasteiger partial charge in [-0.1, -0.05) is 22.9 Å². The van der Waals surface area contributed by atoms with Crippen molar-refractivity contribution in [2.75, 3.05) is 5.33 Å². The average molecular weight is 310 g/mol. The maximum absolute atomic E-state index is 11.9. The van der Waals surface area contributed by atoms with E-state index in [2.05, 4.69) is 30.6 Å². The van der Waals surface area contributed by atoms with E-state index in [0.29, 0.717) is 5.82 Å². The second-order valence-electron chi connectivity index (χ2n) is 3.54. The first-order chi connectivity index (χ1) is 7.49. The number of rotatable bonds is 6. The molecule has 1 aromatic heterocycles. The van der Waals surface area contributed by atoms with Crippen molar-refractivity contribution in [1.82, 2.24) is 14.7 Å². The lowest BCUT2D eigenvalue weighted by molar-refractivity contribution is 0.530. The summed E-state index contributed by atoms with van der Waals surface area (Å²) in [6, 6.07) is -0.0482. The molecule has 0 radical (unpaired) electrons. The molecule has 0 spiro atoms. The summed E-state index contributed by atoms with van der Waals surface area (Å²) >= 11 is 3.30. The molecule has 7 heteroatoms. The summed E-state index contributed by atoms with van der Waals surface area (Å²) in [7, 11) is -3.46. The highest BCUT2D eigenvalue weighted by Crippen LogP contribution is 2.09. The Hall–Kier alpha value is -0.400. The molecule has 0 aliphatic carbocycles. The van der Waals surface area contributed by atoms with E-state index in [1.54, 1.807) is 6.92 Å². The molecule has 1 aromatic rings. The Morgan fingerprint density at radius 3 is 2.75 bits per heavy atom. The monoisotopic (exact) mass is 309 g/mol. The number of nitrogens with zero attached hydrogens (tertiary/aromatic N) is 1. The van der Waals surface area contributed by atoms with E-state index in [-0.39, 0.29) is 11.1 Å². The fraction of sp³-hybridized carbons (Fsp3) is 0.667. The number of sulfonamides is 1. The number of aromatic amines is 1. The lowest BCUT2D eigenvalue weighted by Crippen LogP contribution is -2.34. The highest BCUT2D eigenvalue weighted by molar-refractivity contribution is 9.09. The third-order valence-corrected chi connectivity index (χ3v) is 4.13. The third-order valence-electron chi connectivity index (χ3n) is 2.24. The number of hydrogen-bond donors (Lipinski definition) is 2. The normalized spacial score (nSPS) is 13.9. The molecule has 0 aliphatic heterocycles. The van der Waals surface area contributed by atoms with Gasteiger partial charge in [0.2, 0.25) is 0 Å². The van der Waals surface area contributed by atoms with Crippen LogP contribution < -0.4 is 4.72 Å². The molecule has 0 aromatic carbocycles. The molecule has 5 nitrogen and oxygen atoms in total. The summed E-state index contributed by atoms with van der Waals surface area (Å²) in [5.41, 5.74) is 0.